The second-order valence-electron chi connectivity index (χ2n) is 5.49. The number of hydrogen-bond acceptors (Lipinski definition) is 4. The molecule has 2 N–H and O–H groups in total. The topological polar surface area (TPSA) is 91.5 Å². The van der Waals surface area contributed by atoms with E-state index in [2.05, 4.69) is 10.3 Å². The quantitative estimate of drug-likeness (QED) is 0.706. The largest absolute Gasteiger partial charge is 0.465 e. The van der Waals surface area contributed by atoms with Crippen LogP contribution in [0.4, 0.5) is 0 Å². The molecule has 1 heterocycles. The summed E-state index contributed by atoms with van der Waals surface area (Å²) in [6.07, 6.45) is 1.36. The molecule has 0 unspecified atom stereocenters. The number of carbonyl (C=O) groups is 3. The fourth-order valence-electron chi connectivity index (χ4n) is 2.65. The molecule has 0 aliphatic carbocycles. The van der Waals surface area contributed by atoms with Gasteiger partial charge in [-0.1, -0.05) is 13.3 Å². The number of aryl methyl sites for hydroxylation is 1. The third-order valence-electron chi connectivity index (χ3n) is 3.77. The van der Waals surface area contributed by atoms with Crippen LogP contribution in [-0.2, 0) is 16.0 Å². The second-order valence-corrected chi connectivity index (χ2v) is 5.49. The molecule has 0 aliphatic heterocycles. The van der Waals surface area contributed by atoms with Gasteiger partial charge in [-0.2, -0.15) is 0 Å². The number of esters is 1. The molecule has 0 fully saturated rings. The summed E-state index contributed by atoms with van der Waals surface area (Å²) < 4.78 is 4.83. The van der Waals surface area contributed by atoms with Crippen LogP contribution in [0.5, 0.6) is 0 Å². The summed E-state index contributed by atoms with van der Waals surface area (Å²) in [4.78, 5) is 41.1. The van der Waals surface area contributed by atoms with Crippen molar-refractivity contribution < 1.29 is 19.1 Å². The van der Waals surface area contributed by atoms with Gasteiger partial charge in [-0.15, -0.1) is 0 Å². The van der Waals surface area contributed by atoms with Crippen LogP contribution in [0.3, 0.4) is 0 Å². The lowest BCUT2D eigenvalue weighted by molar-refractivity contribution is -0.121. The Balaban J connectivity index is 3.20. The summed E-state index contributed by atoms with van der Waals surface area (Å²) >= 11 is 0. The lowest BCUT2D eigenvalue weighted by Crippen LogP contribution is -2.41. The van der Waals surface area contributed by atoms with Crippen molar-refractivity contribution in [3.05, 3.63) is 22.5 Å². The Morgan fingerprint density at radius 1 is 1.21 bits per heavy atom. The maximum Gasteiger partial charge on any atom is 0.339 e. The number of likely N-dealkylation sites (N-methyl/N-ethyl adjacent to an activating group) is 2. The number of nitrogens with zero attached hydrogens (tertiary/aromatic N) is 1. The number of hydrogen-bond donors (Lipinski definition) is 2. The van der Waals surface area contributed by atoms with Crippen LogP contribution in [0.25, 0.3) is 0 Å². The molecule has 134 valence electrons. The van der Waals surface area contributed by atoms with Crippen molar-refractivity contribution in [3.63, 3.8) is 0 Å². The number of amides is 2. The molecule has 0 spiro atoms. The Hall–Kier alpha value is -2.31. The zero-order valence-electron chi connectivity index (χ0n) is 15.1. The minimum atomic E-state index is -0.460. The molecule has 0 saturated carbocycles. The van der Waals surface area contributed by atoms with Gasteiger partial charge < -0.3 is 19.9 Å². The first-order valence-electron chi connectivity index (χ1n) is 8.26. The van der Waals surface area contributed by atoms with Crippen molar-refractivity contribution in [1.82, 2.24) is 15.2 Å². The van der Waals surface area contributed by atoms with Gasteiger partial charge in [0.05, 0.1) is 19.2 Å². The molecule has 0 aromatic carbocycles. The minimum absolute atomic E-state index is 0.0135. The molecule has 2 amide bonds. The first-order chi connectivity index (χ1) is 11.4. The lowest BCUT2D eigenvalue weighted by Gasteiger charge is -2.20. The number of nitrogens with one attached hydrogen (secondary N) is 2. The van der Waals surface area contributed by atoms with Gasteiger partial charge in [0.25, 0.3) is 5.91 Å². The van der Waals surface area contributed by atoms with Gasteiger partial charge >= 0.3 is 5.97 Å². The number of aromatic amines is 1. The normalized spacial score (nSPS) is 10.4. The average molecular weight is 337 g/mol. The third-order valence-corrected chi connectivity index (χ3v) is 3.77. The van der Waals surface area contributed by atoms with Crippen LogP contribution in [0.1, 0.15) is 59.3 Å². The summed E-state index contributed by atoms with van der Waals surface area (Å²) in [5, 5.41) is 2.68. The number of H-pyrrole nitrogens is 1. The summed E-state index contributed by atoms with van der Waals surface area (Å²) in [5.41, 5.74) is 2.03. The summed E-state index contributed by atoms with van der Waals surface area (Å²) in [5.74, 6) is -0.954. The maximum absolute atomic E-state index is 12.9. The van der Waals surface area contributed by atoms with E-state index in [4.69, 9.17) is 4.74 Å². The van der Waals surface area contributed by atoms with E-state index in [1.165, 1.54) is 12.0 Å². The van der Waals surface area contributed by atoms with Gasteiger partial charge in [0.2, 0.25) is 5.91 Å². The molecule has 7 heteroatoms. The van der Waals surface area contributed by atoms with Crippen molar-refractivity contribution in [3.8, 4) is 0 Å². The standard InChI is InChI=1S/C17H27N3O4/c1-6-9-12-14(17(23)24-5)11(4)19-15(12)16(22)20(8-3)10-13(21)18-7-2/h19H,6-10H2,1-5H3,(H,18,21). The van der Waals surface area contributed by atoms with Gasteiger partial charge in [-0.25, -0.2) is 4.79 Å². The maximum atomic E-state index is 12.9. The highest BCUT2D eigenvalue weighted by Gasteiger charge is 2.27. The number of methoxy groups -OCH3 is 1. The molecule has 24 heavy (non-hydrogen) atoms. The van der Waals surface area contributed by atoms with Gasteiger partial charge in [0.15, 0.2) is 0 Å². The number of aromatic nitrogens is 1. The minimum Gasteiger partial charge on any atom is -0.465 e. The molecule has 0 atom stereocenters. The fraction of sp³-hybridized carbons (Fsp3) is 0.588. The van der Waals surface area contributed by atoms with Crippen LogP contribution in [0, 0.1) is 6.92 Å². The molecule has 0 aliphatic rings. The molecule has 0 saturated heterocycles. The molecule has 1 aromatic heterocycles. The van der Waals surface area contributed by atoms with Crippen molar-refractivity contribution >= 4 is 17.8 Å². The zero-order chi connectivity index (χ0) is 18.3. The summed E-state index contributed by atoms with van der Waals surface area (Å²) in [6.45, 7) is 8.25. The van der Waals surface area contributed by atoms with Gasteiger partial charge in [-0.05, 0) is 32.8 Å². The van der Waals surface area contributed by atoms with E-state index in [0.29, 0.717) is 42.0 Å². The molecule has 0 radical (unpaired) electrons. The molecule has 0 bridgehead atoms. The first kappa shape index (κ1) is 19.7. The van der Waals surface area contributed by atoms with Crippen molar-refractivity contribution in [2.75, 3.05) is 26.7 Å². The molecule has 7 nitrogen and oxygen atoms in total. The number of ether oxygens (including phenoxy) is 1. The van der Waals surface area contributed by atoms with Crippen LogP contribution >= 0.6 is 0 Å². The molecular formula is C17H27N3O4. The Morgan fingerprint density at radius 2 is 1.88 bits per heavy atom. The van der Waals surface area contributed by atoms with Crippen molar-refractivity contribution in [1.29, 1.82) is 0 Å². The van der Waals surface area contributed by atoms with Crippen LogP contribution < -0.4 is 5.32 Å². The van der Waals surface area contributed by atoms with Crippen LogP contribution in [-0.4, -0.2) is 54.4 Å². The predicted octanol–water partition coefficient (Wildman–Crippen LogP) is 1.66. The van der Waals surface area contributed by atoms with E-state index >= 15 is 0 Å². The van der Waals surface area contributed by atoms with E-state index in [1.807, 2.05) is 20.8 Å². The number of rotatable bonds is 8. The number of carbonyl (C=O) groups excluding carboxylic acids is 3. The Morgan fingerprint density at radius 3 is 2.38 bits per heavy atom. The van der Waals surface area contributed by atoms with Gasteiger partial charge in [0.1, 0.15) is 5.69 Å². The molecule has 1 rings (SSSR count). The fourth-order valence-corrected chi connectivity index (χ4v) is 2.65. The average Bonchev–Trinajstić information content (AvgIpc) is 2.88. The summed E-state index contributed by atoms with van der Waals surface area (Å²) in [6, 6.07) is 0. The highest BCUT2D eigenvalue weighted by Crippen LogP contribution is 2.23. The van der Waals surface area contributed by atoms with E-state index < -0.39 is 5.97 Å². The SMILES string of the molecule is CCCc1c(C(=O)N(CC)CC(=O)NCC)[nH]c(C)c1C(=O)OC. The lowest BCUT2D eigenvalue weighted by atomic mass is 10.0. The van der Waals surface area contributed by atoms with E-state index in [9.17, 15) is 14.4 Å². The predicted molar refractivity (Wildman–Crippen MR) is 91.1 cm³/mol. The van der Waals surface area contributed by atoms with Crippen LogP contribution in [0.15, 0.2) is 0 Å². The summed E-state index contributed by atoms with van der Waals surface area (Å²) in [7, 11) is 1.32. The monoisotopic (exact) mass is 337 g/mol. The van der Waals surface area contributed by atoms with Crippen molar-refractivity contribution in [2.45, 2.75) is 40.5 Å². The Kier molecular flexibility index (Phi) is 7.48. The second kappa shape index (κ2) is 9.10. The van der Waals surface area contributed by atoms with E-state index in [1.54, 1.807) is 6.92 Å². The Labute approximate surface area is 142 Å². The van der Waals surface area contributed by atoms with Crippen LogP contribution in [0.2, 0.25) is 0 Å². The smallest absolute Gasteiger partial charge is 0.339 e. The third kappa shape index (κ3) is 4.37. The highest BCUT2D eigenvalue weighted by atomic mass is 16.5. The zero-order valence-corrected chi connectivity index (χ0v) is 15.1. The first-order valence-corrected chi connectivity index (χ1v) is 8.26. The Bertz CT molecular complexity index is 607. The molecule has 1 aromatic rings. The highest BCUT2D eigenvalue weighted by molar-refractivity contribution is 6.01. The van der Waals surface area contributed by atoms with Gasteiger partial charge in [0, 0.05) is 18.8 Å². The van der Waals surface area contributed by atoms with E-state index in [-0.39, 0.29) is 18.4 Å². The van der Waals surface area contributed by atoms with E-state index in [0.717, 1.165) is 6.42 Å². The van der Waals surface area contributed by atoms with Crippen molar-refractivity contribution in [2.24, 2.45) is 0 Å². The molecular weight excluding hydrogens is 310 g/mol. The van der Waals surface area contributed by atoms with Gasteiger partial charge in [-0.3, -0.25) is 9.59 Å².